The largest absolute Gasteiger partial charge is 0.455 e. The van der Waals surface area contributed by atoms with Crippen LogP contribution in [0.5, 0.6) is 0 Å². The molecule has 0 fully saturated rings. The minimum Gasteiger partial charge on any atom is -0.455 e. The van der Waals surface area contributed by atoms with Gasteiger partial charge in [0.25, 0.3) is 6.71 Å². The first kappa shape index (κ1) is 47.9. The highest BCUT2D eigenvalue weighted by Gasteiger charge is 2.44. The Labute approximate surface area is 449 Å². The molecule has 376 valence electrons. The standard InChI is InChI=1S/C71H68BN3O/c1-43-37-63-66-64(38-43)75(49-29-21-44(22-30-49)52-18-16-19-54-53-17-14-15-20-65(53)76-67(52)54)62-42-61-56(55-39-47(70(8,9)10)27-35-59(55)73(61)50-31-23-45(24-32-50)68(2,3)4)41-58(62)72(66)57-40-48(71(11,12)13)28-36-60(57)74(63)51-33-25-46(26-34-51)69(5,6)7/h14-42H,1-13H3. The summed E-state index contributed by atoms with van der Waals surface area (Å²) in [4.78, 5) is 5.13. The lowest BCUT2D eigenvalue weighted by atomic mass is 9.33. The lowest BCUT2D eigenvalue weighted by molar-refractivity contribution is 0.590. The molecule has 9 aromatic carbocycles. The minimum absolute atomic E-state index is 0.0316. The zero-order valence-electron chi connectivity index (χ0n) is 46.6. The number of rotatable bonds is 4. The number of fused-ring (bicyclic) bond motifs is 10. The van der Waals surface area contributed by atoms with E-state index in [2.05, 4.69) is 274 Å². The smallest absolute Gasteiger partial charge is 0.252 e. The molecule has 4 heterocycles. The van der Waals surface area contributed by atoms with Crippen molar-refractivity contribution in [2.75, 3.05) is 9.80 Å². The first-order valence-corrected chi connectivity index (χ1v) is 27.4. The van der Waals surface area contributed by atoms with E-state index >= 15 is 0 Å². The molecule has 2 aliphatic rings. The van der Waals surface area contributed by atoms with Crippen molar-refractivity contribution < 1.29 is 4.42 Å². The van der Waals surface area contributed by atoms with Gasteiger partial charge in [-0.05, 0) is 157 Å². The molecule has 0 N–H and O–H groups in total. The number of anilines is 6. The van der Waals surface area contributed by atoms with Gasteiger partial charge in [0.15, 0.2) is 0 Å². The molecule has 13 rings (SSSR count). The molecule has 5 heteroatoms. The lowest BCUT2D eigenvalue weighted by Gasteiger charge is -2.45. The molecule has 4 nitrogen and oxygen atoms in total. The van der Waals surface area contributed by atoms with Crippen LogP contribution in [0.25, 0.3) is 60.6 Å². The number of aryl methyl sites for hydroxylation is 1. The van der Waals surface area contributed by atoms with E-state index in [-0.39, 0.29) is 28.4 Å². The van der Waals surface area contributed by atoms with Gasteiger partial charge in [0.05, 0.1) is 11.0 Å². The second-order valence-electron chi connectivity index (χ2n) is 26.0. The van der Waals surface area contributed by atoms with Crippen LogP contribution < -0.4 is 26.2 Å². The number of nitrogens with zero attached hydrogens (tertiary/aromatic N) is 3. The Balaban J connectivity index is 1.11. The van der Waals surface area contributed by atoms with Crippen molar-refractivity contribution in [3.05, 3.63) is 204 Å². The number of para-hydroxylation sites is 2. The fourth-order valence-electron chi connectivity index (χ4n) is 12.4. The average molecular weight is 990 g/mol. The predicted octanol–water partition coefficient (Wildman–Crippen LogP) is 17.9. The second-order valence-corrected chi connectivity index (χ2v) is 26.0. The summed E-state index contributed by atoms with van der Waals surface area (Å²) in [6.07, 6.45) is 0. The van der Waals surface area contributed by atoms with E-state index in [1.165, 1.54) is 88.8 Å². The molecule has 11 aromatic rings. The van der Waals surface area contributed by atoms with Crippen LogP contribution in [0, 0.1) is 6.92 Å². The van der Waals surface area contributed by atoms with Crippen molar-refractivity contribution in [2.24, 2.45) is 0 Å². The van der Waals surface area contributed by atoms with E-state index < -0.39 is 0 Å². The van der Waals surface area contributed by atoms with Crippen LogP contribution in [-0.2, 0) is 21.7 Å². The zero-order chi connectivity index (χ0) is 53.0. The maximum Gasteiger partial charge on any atom is 0.252 e. The van der Waals surface area contributed by atoms with E-state index in [0.717, 1.165) is 50.1 Å². The average Bonchev–Trinajstić information content (AvgIpc) is 3.92. The van der Waals surface area contributed by atoms with Crippen LogP contribution in [0.15, 0.2) is 180 Å². The molecule has 2 aromatic heterocycles. The maximum atomic E-state index is 6.61. The van der Waals surface area contributed by atoms with Crippen molar-refractivity contribution in [2.45, 2.75) is 112 Å². The molecular formula is C71H68BN3O. The fourth-order valence-corrected chi connectivity index (χ4v) is 12.4. The number of hydrogen-bond donors (Lipinski definition) is 0. The van der Waals surface area contributed by atoms with E-state index in [9.17, 15) is 0 Å². The van der Waals surface area contributed by atoms with Gasteiger partial charge in [-0.15, -0.1) is 0 Å². The van der Waals surface area contributed by atoms with Crippen molar-refractivity contribution in [3.63, 3.8) is 0 Å². The summed E-state index contributed by atoms with van der Waals surface area (Å²) in [5.74, 6) is 0. The topological polar surface area (TPSA) is 24.6 Å². The van der Waals surface area contributed by atoms with Gasteiger partial charge in [-0.25, -0.2) is 0 Å². The fraction of sp³-hybridized carbons (Fsp3) is 0.239. The number of aromatic nitrogens is 1. The summed E-state index contributed by atoms with van der Waals surface area (Å²) in [6.45, 7) is 30.0. The zero-order valence-corrected chi connectivity index (χ0v) is 46.6. The first-order valence-electron chi connectivity index (χ1n) is 27.4. The third kappa shape index (κ3) is 7.55. The summed E-state index contributed by atoms with van der Waals surface area (Å²) in [5.41, 5.74) is 25.1. The van der Waals surface area contributed by atoms with Gasteiger partial charge in [-0.1, -0.05) is 180 Å². The molecule has 0 unspecified atom stereocenters. The van der Waals surface area contributed by atoms with Crippen LogP contribution in [0.2, 0.25) is 0 Å². The van der Waals surface area contributed by atoms with E-state index in [0.29, 0.717) is 0 Å². The van der Waals surface area contributed by atoms with Crippen LogP contribution in [0.1, 0.15) is 111 Å². The normalized spacial score (nSPS) is 13.8. The van der Waals surface area contributed by atoms with Crippen molar-refractivity contribution in [1.29, 1.82) is 0 Å². The molecule has 0 atom stereocenters. The Morgan fingerprint density at radius 3 is 1.53 bits per heavy atom. The Morgan fingerprint density at radius 2 is 0.895 bits per heavy atom. The molecule has 76 heavy (non-hydrogen) atoms. The highest BCUT2D eigenvalue weighted by Crippen LogP contribution is 2.48. The lowest BCUT2D eigenvalue weighted by Crippen LogP contribution is -2.61. The van der Waals surface area contributed by atoms with Crippen LogP contribution in [0.3, 0.4) is 0 Å². The highest BCUT2D eigenvalue weighted by atomic mass is 16.3. The van der Waals surface area contributed by atoms with Gasteiger partial charge < -0.3 is 18.8 Å². The first-order chi connectivity index (χ1) is 36.1. The van der Waals surface area contributed by atoms with Gasteiger partial charge in [0.1, 0.15) is 11.2 Å². The minimum atomic E-state index is -0.0636. The summed E-state index contributed by atoms with van der Waals surface area (Å²) >= 11 is 0. The van der Waals surface area contributed by atoms with Crippen molar-refractivity contribution in [1.82, 2.24) is 4.57 Å². The van der Waals surface area contributed by atoms with E-state index in [4.69, 9.17) is 4.42 Å². The van der Waals surface area contributed by atoms with Gasteiger partial charge >= 0.3 is 0 Å². The molecule has 2 aliphatic heterocycles. The number of furan rings is 1. The molecule has 0 spiro atoms. The Kier molecular flexibility index (Phi) is 10.5. The van der Waals surface area contributed by atoms with Gasteiger partial charge in [0, 0.05) is 66.9 Å². The molecule has 0 saturated carbocycles. The van der Waals surface area contributed by atoms with Crippen LogP contribution in [-0.4, -0.2) is 11.3 Å². The SMILES string of the molecule is Cc1cc2c3c(c1)N(c1ccc(-c4cccc5c4oc4ccccc45)cc1)c1cc4c(cc1B3c1cc(C(C)(C)C)ccc1N2c1ccc(C(C)(C)C)cc1)c1cc(C(C)(C)C)ccc1n4-c1ccc(C(C)(C)C)cc1. The summed E-state index contributed by atoms with van der Waals surface area (Å²) in [6, 6.07) is 67.3. The number of hydrogen-bond acceptors (Lipinski definition) is 3. The van der Waals surface area contributed by atoms with Crippen molar-refractivity contribution >= 4 is 101 Å². The maximum absolute atomic E-state index is 6.61. The van der Waals surface area contributed by atoms with E-state index in [1.807, 2.05) is 6.07 Å². The van der Waals surface area contributed by atoms with Gasteiger partial charge in [-0.3, -0.25) is 0 Å². The predicted molar refractivity (Wildman–Crippen MR) is 327 cm³/mol. The molecule has 0 amide bonds. The summed E-state index contributed by atoms with van der Waals surface area (Å²) < 4.78 is 9.13. The quantitative estimate of drug-likeness (QED) is 0.164. The molecule has 0 radical (unpaired) electrons. The summed E-state index contributed by atoms with van der Waals surface area (Å²) in [7, 11) is 0. The molecule has 0 saturated heterocycles. The Morgan fingerprint density at radius 1 is 0.382 bits per heavy atom. The number of benzene rings is 9. The second kappa shape index (κ2) is 16.6. The Bertz CT molecular complexity index is 4140. The Hall–Kier alpha value is -7.76. The van der Waals surface area contributed by atoms with E-state index in [1.54, 1.807) is 0 Å². The molecule has 0 aliphatic carbocycles. The molecular weight excluding hydrogens is 922 g/mol. The van der Waals surface area contributed by atoms with Crippen LogP contribution >= 0.6 is 0 Å². The van der Waals surface area contributed by atoms with Gasteiger partial charge in [0.2, 0.25) is 0 Å². The van der Waals surface area contributed by atoms with Crippen LogP contribution in [0.4, 0.5) is 34.1 Å². The van der Waals surface area contributed by atoms with Crippen molar-refractivity contribution in [3.8, 4) is 16.8 Å². The third-order valence-corrected chi connectivity index (χ3v) is 16.7. The highest BCUT2D eigenvalue weighted by molar-refractivity contribution is 7.00. The molecule has 0 bridgehead atoms. The summed E-state index contributed by atoms with van der Waals surface area (Å²) in [5, 5.41) is 4.81. The third-order valence-electron chi connectivity index (χ3n) is 16.7. The van der Waals surface area contributed by atoms with Gasteiger partial charge in [-0.2, -0.15) is 0 Å². The monoisotopic (exact) mass is 990 g/mol.